The molecule has 0 spiro atoms. The Hall–Kier alpha value is -0.0600. The standard InChI is InChI=1S/C12H19BrN2S/c1-3-5-11(14-4-2)9-16-12-7-6-10(13)8-15-12/h6-8,11,14H,3-5,9H2,1-2H3. The average Bonchev–Trinajstić information content (AvgIpc) is 2.29. The zero-order chi connectivity index (χ0) is 11.8. The Labute approximate surface area is 111 Å². The summed E-state index contributed by atoms with van der Waals surface area (Å²) < 4.78 is 1.04. The quantitative estimate of drug-likeness (QED) is 0.777. The van der Waals surface area contributed by atoms with E-state index in [-0.39, 0.29) is 0 Å². The smallest absolute Gasteiger partial charge is 0.0961 e. The maximum absolute atomic E-state index is 4.36. The maximum Gasteiger partial charge on any atom is 0.0961 e. The Bertz CT molecular complexity index is 284. The molecule has 0 saturated carbocycles. The highest BCUT2D eigenvalue weighted by Gasteiger charge is 2.06. The van der Waals surface area contributed by atoms with E-state index in [0.29, 0.717) is 6.04 Å². The zero-order valence-electron chi connectivity index (χ0n) is 9.87. The molecule has 1 atom stereocenters. The van der Waals surface area contributed by atoms with Crippen molar-refractivity contribution in [1.82, 2.24) is 10.3 Å². The number of halogens is 1. The number of thioether (sulfide) groups is 1. The van der Waals surface area contributed by atoms with Crippen LogP contribution in [-0.2, 0) is 0 Å². The van der Waals surface area contributed by atoms with Crippen LogP contribution in [-0.4, -0.2) is 23.3 Å². The Morgan fingerprint density at radius 3 is 2.81 bits per heavy atom. The van der Waals surface area contributed by atoms with E-state index in [1.807, 2.05) is 24.0 Å². The van der Waals surface area contributed by atoms with E-state index in [1.165, 1.54) is 12.8 Å². The lowest BCUT2D eigenvalue weighted by atomic mass is 10.2. The molecule has 0 radical (unpaired) electrons. The van der Waals surface area contributed by atoms with Gasteiger partial charge in [-0.05, 0) is 41.0 Å². The van der Waals surface area contributed by atoms with E-state index in [9.17, 15) is 0 Å². The van der Waals surface area contributed by atoms with Crippen LogP contribution >= 0.6 is 27.7 Å². The summed E-state index contributed by atoms with van der Waals surface area (Å²) in [6.07, 6.45) is 4.31. The average molecular weight is 303 g/mol. The van der Waals surface area contributed by atoms with E-state index in [0.717, 1.165) is 21.8 Å². The first-order chi connectivity index (χ1) is 7.76. The summed E-state index contributed by atoms with van der Waals surface area (Å²) >= 11 is 5.21. The van der Waals surface area contributed by atoms with Gasteiger partial charge in [0.15, 0.2) is 0 Å². The van der Waals surface area contributed by atoms with Gasteiger partial charge < -0.3 is 5.32 Å². The minimum absolute atomic E-state index is 0.602. The first kappa shape index (κ1) is 14.0. The molecule has 0 fully saturated rings. The van der Waals surface area contributed by atoms with Crippen molar-refractivity contribution < 1.29 is 0 Å². The molecule has 0 aromatic carbocycles. The van der Waals surface area contributed by atoms with Gasteiger partial charge in [0.1, 0.15) is 0 Å². The second kappa shape index (κ2) is 8.09. The van der Waals surface area contributed by atoms with Gasteiger partial charge in [0, 0.05) is 22.5 Å². The van der Waals surface area contributed by atoms with Crippen molar-refractivity contribution >= 4 is 27.7 Å². The molecular weight excluding hydrogens is 284 g/mol. The highest BCUT2D eigenvalue weighted by Crippen LogP contribution is 2.19. The van der Waals surface area contributed by atoms with Gasteiger partial charge in [-0.15, -0.1) is 11.8 Å². The summed E-state index contributed by atoms with van der Waals surface area (Å²) in [4.78, 5) is 4.36. The van der Waals surface area contributed by atoms with Crippen molar-refractivity contribution in [3.05, 3.63) is 22.8 Å². The fourth-order valence-corrected chi connectivity index (χ4v) is 2.70. The molecule has 1 aromatic rings. The predicted octanol–water partition coefficient (Wildman–Crippen LogP) is 3.71. The van der Waals surface area contributed by atoms with Gasteiger partial charge in [0.2, 0.25) is 0 Å². The molecule has 90 valence electrons. The summed E-state index contributed by atoms with van der Waals surface area (Å²) in [5.74, 6) is 1.09. The first-order valence-corrected chi connectivity index (χ1v) is 7.51. The SMILES string of the molecule is CCCC(CSc1ccc(Br)cn1)NCC. The Morgan fingerprint density at radius 1 is 1.44 bits per heavy atom. The molecule has 1 unspecified atom stereocenters. The van der Waals surface area contributed by atoms with Gasteiger partial charge in [0.25, 0.3) is 0 Å². The second-order valence-electron chi connectivity index (χ2n) is 3.67. The second-order valence-corrected chi connectivity index (χ2v) is 5.62. The summed E-state index contributed by atoms with van der Waals surface area (Å²) in [5.41, 5.74) is 0. The van der Waals surface area contributed by atoms with Gasteiger partial charge in [0.05, 0.1) is 5.03 Å². The van der Waals surface area contributed by atoms with Crippen molar-refractivity contribution in [2.24, 2.45) is 0 Å². The van der Waals surface area contributed by atoms with Crippen LogP contribution in [0.5, 0.6) is 0 Å². The summed E-state index contributed by atoms with van der Waals surface area (Å²) in [5, 5.41) is 4.61. The number of nitrogens with one attached hydrogen (secondary N) is 1. The number of hydrogen-bond acceptors (Lipinski definition) is 3. The summed E-state index contributed by atoms with van der Waals surface area (Å²) in [7, 11) is 0. The predicted molar refractivity (Wildman–Crippen MR) is 75.0 cm³/mol. The summed E-state index contributed by atoms with van der Waals surface area (Å²) in [6, 6.07) is 4.70. The number of nitrogens with zero attached hydrogens (tertiary/aromatic N) is 1. The van der Waals surface area contributed by atoms with E-state index in [4.69, 9.17) is 0 Å². The Morgan fingerprint density at radius 2 is 2.25 bits per heavy atom. The third-order valence-electron chi connectivity index (χ3n) is 2.26. The number of rotatable bonds is 7. The van der Waals surface area contributed by atoms with Crippen LogP contribution < -0.4 is 5.32 Å². The molecule has 0 bridgehead atoms. The van der Waals surface area contributed by atoms with Gasteiger partial charge in [-0.1, -0.05) is 20.3 Å². The van der Waals surface area contributed by atoms with E-state index in [1.54, 1.807) is 0 Å². The molecule has 1 rings (SSSR count). The van der Waals surface area contributed by atoms with Crippen LogP contribution in [0.4, 0.5) is 0 Å². The molecule has 0 aliphatic carbocycles. The molecule has 4 heteroatoms. The highest BCUT2D eigenvalue weighted by atomic mass is 79.9. The minimum atomic E-state index is 0.602. The molecule has 0 amide bonds. The lowest BCUT2D eigenvalue weighted by Gasteiger charge is -2.16. The molecule has 16 heavy (non-hydrogen) atoms. The third-order valence-corrected chi connectivity index (χ3v) is 3.84. The van der Waals surface area contributed by atoms with Crippen LogP contribution in [0.2, 0.25) is 0 Å². The first-order valence-electron chi connectivity index (χ1n) is 5.74. The zero-order valence-corrected chi connectivity index (χ0v) is 12.3. The van der Waals surface area contributed by atoms with Gasteiger partial charge in [-0.2, -0.15) is 0 Å². The topological polar surface area (TPSA) is 24.9 Å². The van der Waals surface area contributed by atoms with E-state index >= 15 is 0 Å². The number of pyridine rings is 1. The lowest BCUT2D eigenvalue weighted by Crippen LogP contribution is -2.30. The minimum Gasteiger partial charge on any atom is -0.313 e. The maximum atomic E-state index is 4.36. The fourth-order valence-electron chi connectivity index (χ4n) is 1.52. The molecule has 0 saturated heterocycles. The molecule has 1 N–H and O–H groups in total. The fraction of sp³-hybridized carbons (Fsp3) is 0.583. The van der Waals surface area contributed by atoms with Crippen molar-refractivity contribution in [2.75, 3.05) is 12.3 Å². The van der Waals surface area contributed by atoms with Crippen molar-refractivity contribution in [1.29, 1.82) is 0 Å². The molecule has 2 nitrogen and oxygen atoms in total. The molecule has 0 aliphatic rings. The monoisotopic (exact) mass is 302 g/mol. The van der Waals surface area contributed by atoms with Crippen LogP contribution in [0.3, 0.4) is 0 Å². The van der Waals surface area contributed by atoms with Gasteiger partial charge in [-0.25, -0.2) is 4.98 Å². The molecule has 0 aliphatic heterocycles. The van der Waals surface area contributed by atoms with Gasteiger partial charge >= 0.3 is 0 Å². The normalized spacial score (nSPS) is 12.7. The van der Waals surface area contributed by atoms with Crippen LogP contribution in [0.15, 0.2) is 27.8 Å². The Kier molecular flexibility index (Phi) is 7.08. The van der Waals surface area contributed by atoms with Crippen LogP contribution in [0.25, 0.3) is 0 Å². The van der Waals surface area contributed by atoms with Crippen molar-refractivity contribution in [3.63, 3.8) is 0 Å². The number of aromatic nitrogens is 1. The molecular formula is C12H19BrN2S. The van der Waals surface area contributed by atoms with E-state index in [2.05, 4.69) is 46.1 Å². The summed E-state index contributed by atoms with van der Waals surface area (Å²) in [6.45, 7) is 5.43. The third kappa shape index (κ3) is 5.32. The molecule has 1 aromatic heterocycles. The van der Waals surface area contributed by atoms with Crippen LogP contribution in [0, 0.1) is 0 Å². The number of hydrogen-bond donors (Lipinski definition) is 1. The largest absolute Gasteiger partial charge is 0.313 e. The van der Waals surface area contributed by atoms with Gasteiger partial charge in [-0.3, -0.25) is 0 Å². The molecule has 1 heterocycles. The lowest BCUT2D eigenvalue weighted by molar-refractivity contribution is 0.531. The van der Waals surface area contributed by atoms with Crippen LogP contribution in [0.1, 0.15) is 26.7 Å². The van der Waals surface area contributed by atoms with Crippen molar-refractivity contribution in [3.8, 4) is 0 Å². The Balaban J connectivity index is 2.38. The van der Waals surface area contributed by atoms with Crippen molar-refractivity contribution in [2.45, 2.75) is 37.8 Å². The highest BCUT2D eigenvalue weighted by molar-refractivity contribution is 9.10. The van der Waals surface area contributed by atoms with E-state index < -0.39 is 0 Å².